The molecule has 0 aliphatic carbocycles. The quantitative estimate of drug-likeness (QED) is 0.854. The highest BCUT2D eigenvalue weighted by molar-refractivity contribution is 9.10. The second-order valence-corrected chi connectivity index (χ2v) is 4.09. The average Bonchev–Trinajstić information content (AvgIpc) is 2.20. The Hall–Kier alpha value is -0.250. The molecular weight excluding hydrogens is 289 g/mol. The predicted molar refractivity (Wildman–Crippen MR) is 61.7 cm³/mol. The molecule has 2 nitrogen and oxygen atoms in total. The monoisotopic (exact) mass is 295 g/mol. The second kappa shape index (κ2) is 5.59. The summed E-state index contributed by atoms with van der Waals surface area (Å²) in [5.41, 5.74) is 0.927. The number of alkyl halides is 1. The summed E-state index contributed by atoms with van der Waals surface area (Å²) in [5.74, 6) is -0.225. The third kappa shape index (κ3) is 3.15. The molecule has 0 bridgehead atoms. The van der Waals surface area contributed by atoms with E-state index >= 15 is 0 Å². The number of halogens is 3. The van der Waals surface area contributed by atoms with E-state index in [4.69, 9.17) is 23.2 Å². The van der Waals surface area contributed by atoms with Gasteiger partial charge in [-0.3, -0.25) is 4.79 Å². The lowest BCUT2D eigenvalue weighted by Gasteiger charge is -2.06. The van der Waals surface area contributed by atoms with E-state index in [1.165, 1.54) is 0 Å². The fraction of sp³-hybridized carbons (Fsp3) is 0.222. The summed E-state index contributed by atoms with van der Waals surface area (Å²) >= 11 is 14.6. The van der Waals surface area contributed by atoms with E-state index in [-0.39, 0.29) is 11.8 Å². The minimum absolute atomic E-state index is 0.0296. The molecule has 1 rings (SSSR count). The number of rotatable bonds is 3. The standard InChI is InChI=1S/C9H8BrCl2NO/c10-9-6(2-1-3-7(9)12)5-13-8(14)4-11/h1-3H,4-5H2,(H,13,14). The lowest BCUT2D eigenvalue weighted by molar-refractivity contribution is -0.118. The Morgan fingerprint density at radius 1 is 1.50 bits per heavy atom. The highest BCUT2D eigenvalue weighted by atomic mass is 79.9. The molecule has 76 valence electrons. The van der Waals surface area contributed by atoms with Crippen molar-refractivity contribution in [2.45, 2.75) is 6.54 Å². The summed E-state index contributed by atoms with van der Waals surface area (Å²) in [7, 11) is 0. The van der Waals surface area contributed by atoms with Crippen molar-refractivity contribution in [2.75, 3.05) is 5.88 Å². The van der Waals surface area contributed by atoms with E-state index < -0.39 is 0 Å². The third-order valence-electron chi connectivity index (χ3n) is 1.63. The molecule has 1 aromatic carbocycles. The number of carbonyl (C=O) groups excluding carboxylic acids is 1. The molecule has 5 heteroatoms. The molecule has 0 aliphatic heterocycles. The van der Waals surface area contributed by atoms with E-state index in [1.807, 2.05) is 12.1 Å². The zero-order chi connectivity index (χ0) is 10.6. The average molecular weight is 297 g/mol. The Kier molecular flexibility index (Phi) is 4.72. The number of amides is 1. The van der Waals surface area contributed by atoms with Crippen molar-refractivity contribution in [3.05, 3.63) is 33.3 Å². The molecule has 0 saturated carbocycles. The lowest BCUT2D eigenvalue weighted by Crippen LogP contribution is -2.23. The number of hydrogen-bond acceptors (Lipinski definition) is 1. The van der Waals surface area contributed by atoms with E-state index in [2.05, 4.69) is 21.2 Å². The van der Waals surface area contributed by atoms with Crippen LogP contribution >= 0.6 is 39.1 Å². The fourth-order valence-electron chi connectivity index (χ4n) is 0.926. The summed E-state index contributed by atoms with van der Waals surface area (Å²) in [6.45, 7) is 0.423. The summed E-state index contributed by atoms with van der Waals surface area (Å²) < 4.78 is 0.802. The first kappa shape index (κ1) is 11.8. The first-order valence-corrected chi connectivity index (χ1v) is 5.61. The smallest absolute Gasteiger partial charge is 0.235 e. The lowest BCUT2D eigenvalue weighted by atomic mass is 10.2. The van der Waals surface area contributed by atoms with Gasteiger partial charge in [-0.05, 0) is 27.6 Å². The van der Waals surface area contributed by atoms with Crippen molar-refractivity contribution in [3.8, 4) is 0 Å². The third-order valence-corrected chi connectivity index (χ3v) is 3.35. The van der Waals surface area contributed by atoms with Crippen molar-refractivity contribution < 1.29 is 4.79 Å². The fourth-order valence-corrected chi connectivity index (χ4v) is 1.62. The molecule has 14 heavy (non-hydrogen) atoms. The molecule has 0 aromatic heterocycles. The number of nitrogens with one attached hydrogen (secondary N) is 1. The molecule has 0 unspecified atom stereocenters. The van der Waals surface area contributed by atoms with Crippen molar-refractivity contribution in [3.63, 3.8) is 0 Å². The molecule has 1 amide bonds. The molecule has 0 atom stereocenters. The van der Waals surface area contributed by atoms with E-state index in [0.717, 1.165) is 10.0 Å². The minimum atomic E-state index is -0.196. The van der Waals surface area contributed by atoms with Gasteiger partial charge in [0.05, 0.1) is 5.02 Å². The van der Waals surface area contributed by atoms with Crippen LogP contribution in [0.2, 0.25) is 5.02 Å². The first-order chi connectivity index (χ1) is 6.65. The topological polar surface area (TPSA) is 29.1 Å². The highest BCUT2D eigenvalue weighted by Gasteiger charge is 2.04. The van der Waals surface area contributed by atoms with Crippen LogP contribution in [0.5, 0.6) is 0 Å². The maximum absolute atomic E-state index is 10.9. The van der Waals surface area contributed by atoms with Crippen LogP contribution in [0.3, 0.4) is 0 Å². The Bertz CT molecular complexity index is 344. The predicted octanol–water partition coefficient (Wildman–Crippen LogP) is 2.96. The SMILES string of the molecule is O=C(CCl)NCc1cccc(Cl)c1Br. The van der Waals surface area contributed by atoms with Gasteiger partial charge in [-0.15, -0.1) is 11.6 Å². The van der Waals surface area contributed by atoms with Crippen LogP contribution in [-0.4, -0.2) is 11.8 Å². The molecule has 0 fully saturated rings. The number of benzene rings is 1. The van der Waals surface area contributed by atoms with Gasteiger partial charge >= 0.3 is 0 Å². The number of carbonyl (C=O) groups is 1. The van der Waals surface area contributed by atoms with Crippen LogP contribution in [0.1, 0.15) is 5.56 Å². The normalized spacial score (nSPS) is 9.93. The van der Waals surface area contributed by atoms with Gasteiger partial charge < -0.3 is 5.32 Å². The number of hydrogen-bond donors (Lipinski definition) is 1. The van der Waals surface area contributed by atoms with Gasteiger partial charge in [-0.25, -0.2) is 0 Å². The van der Waals surface area contributed by atoms with Crippen molar-refractivity contribution in [2.24, 2.45) is 0 Å². The van der Waals surface area contributed by atoms with Crippen LogP contribution in [-0.2, 0) is 11.3 Å². The van der Waals surface area contributed by atoms with Crippen LogP contribution in [0, 0.1) is 0 Å². The van der Waals surface area contributed by atoms with Crippen LogP contribution in [0.25, 0.3) is 0 Å². The van der Waals surface area contributed by atoms with Gasteiger partial charge in [0, 0.05) is 11.0 Å². The summed E-state index contributed by atoms with van der Waals surface area (Å²) in [6, 6.07) is 5.48. The Morgan fingerprint density at radius 2 is 2.21 bits per heavy atom. The van der Waals surface area contributed by atoms with Gasteiger partial charge in [0.2, 0.25) is 5.91 Å². The molecule has 0 spiro atoms. The molecule has 0 radical (unpaired) electrons. The molecular formula is C9H8BrCl2NO. The molecule has 0 heterocycles. The van der Waals surface area contributed by atoms with Crippen LogP contribution in [0.4, 0.5) is 0 Å². The second-order valence-electron chi connectivity index (χ2n) is 2.62. The van der Waals surface area contributed by atoms with Crippen molar-refractivity contribution >= 4 is 45.0 Å². The van der Waals surface area contributed by atoms with E-state index in [0.29, 0.717) is 11.6 Å². The van der Waals surface area contributed by atoms with Gasteiger partial charge in [0.1, 0.15) is 5.88 Å². The molecule has 0 aliphatic rings. The van der Waals surface area contributed by atoms with Gasteiger partial charge in [-0.1, -0.05) is 23.7 Å². The molecule has 1 N–H and O–H groups in total. The van der Waals surface area contributed by atoms with E-state index in [1.54, 1.807) is 6.07 Å². The first-order valence-electron chi connectivity index (χ1n) is 3.90. The largest absolute Gasteiger partial charge is 0.351 e. The summed E-state index contributed by atoms with van der Waals surface area (Å²) in [6.07, 6.45) is 0. The van der Waals surface area contributed by atoms with Gasteiger partial charge in [0.15, 0.2) is 0 Å². The van der Waals surface area contributed by atoms with Gasteiger partial charge in [-0.2, -0.15) is 0 Å². The molecule has 0 saturated heterocycles. The van der Waals surface area contributed by atoms with Crippen molar-refractivity contribution in [1.82, 2.24) is 5.32 Å². The Balaban J connectivity index is 2.68. The van der Waals surface area contributed by atoms with Gasteiger partial charge in [0.25, 0.3) is 0 Å². The van der Waals surface area contributed by atoms with Crippen LogP contribution < -0.4 is 5.32 Å². The zero-order valence-electron chi connectivity index (χ0n) is 7.19. The summed E-state index contributed by atoms with van der Waals surface area (Å²) in [4.78, 5) is 10.9. The Morgan fingerprint density at radius 3 is 2.86 bits per heavy atom. The maximum Gasteiger partial charge on any atom is 0.235 e. The van der Waals surface area contributed by atoms with Crippen molar-refractivity contribution in [1.29, 1.82) is 0 Å². The molecule has 1 aromatic rings. The zero-order valence-corrected chi connectivity index (χ0v) is 10.3. The Labute approximate surface area is 101 Å². The summed E-state index contributed by atoms with van der Waals surface area (Å²) in [5, 5.41) is 3.28. The van der Waals surface area contributed by atoms with E-state index in [9.17, 15) is 4.79 Å². The highest BCUT2D eigenvalue weighted by Crippen LogP contribution is 2.25. The van der Waals surface area contributed by atoms with Crippen LogP contribution in [0.15, 0.2) is 22.7 Å². The maximum atomic E-state index is 10.9. The minimum Gasteiger partial charge on any atom is -0.351 e.